The number of hydrogen-bond donors (Lipinski definition) is 1. The molecule has 1 N–H and O–H groups in total. The average Bonchev–Trinajstić information content (AvgIpc) is 3.27. The van der Waals surface area contributed by atoms with Crippen molar-refractivity contribution in [1.82, 2.24) is 24.5 Å². The number of carbonyl (C=O) groups excluding carboxylic acids is 1. The van der Waals surface area contributed by atoms with E-state index >= 15 is 0 Å². The molecule has 29 heavy (non-hydrogen) atoms. The van der Waals surface area contributed by atoms with E-state index in [-0.39, 0.29) is 23.5 Å². The molecule has 3 aromatic rings. The topological polar surface area (TPSA) is 77.6 Å². The van der Waals surface area contributed by atoms with Crippen LogP contribution < -0.4 is 5.32 Å². The van der Waals surface area contributed by atoms with Crippen LogP contribution in [0.25, 0.3) is 11.4 Å². The Kier molecular flexibility index (Phi) is 6.68. The van der Waals surface area contributed by atoms with Crippen LogP contribution in [0.15, 0.2) is 41.7 Å². The van der Waals surface area contributed by atoms with Crippen molar-refractivity contribution in [2.24, 2.45) is 5.92 Å². The number of amides is 1. The van der Waals surface area contributed by atoms with Crippen LogP contribution in [-0.4, -0.2) is 36.2 Å². The molecule has 0 spiro atoms. The van der Waals surface area contributed by atoms with E-state index in [0.717, 1.165) is 0 Å². The maximum absolute atomic E-state index is 14.3. The van der Waals surface area contributed by atoms with Crippen molar-refractivity contribution < 1.29 is 9.18 Å². The van der Waals surface area contributed by atoms with Crippen molar-refractivity contribution in [3.63, 3.8) is 0 Å². The fourth-order valence-corrected chi connectivity index (χ4v) is 3.65. The van der Waals surface area contributed by atoms with E-state index in [1.165, 1.54) is 17.8 Å². The molecule has 0 aliphatic heterocycles. The minimum absolute atomic E-state index is 0.144. The molecule has 1 aromatic carbocycles. The molecule has 3 rings (SSSR count). The van der Waals surface area contributed by atoms with E-state index in [2.05, 4.69) is 34.5 Å². The van der Waals surface area contributed by atoms with Crippen molar-refractivity contribution in [3.05, 3.63) is 42.3 Å². The third-order valence-electron chi connectivity index (χ3n) is 4.14. The summed E-state index contributed by atoms with van der Waals surface area (Å²) in [4.78, 5) is 12.4. The zero-order valence-corrected chi connectivity index (χ0v) is 17.8. The summed E-state index contributed by atoms with van der Waals surface area (Å²) in [5, 5.41) is 16.1. The first-order valence-electron chi connectivity index (χ1n) is 9.51. The third-order valence-corrected chi connectivity index (χ3v) is 5.11. The van der Waals surface area contributed by atoms with Crippen LogP contribution in [-0.2, 0) is 11.3 Å². The van der Waals surface area contributed by atoms with Crippen molar-refractivity contribution >= 4 is 23.5 Å². The smallest absolute Gasteiger partial charge is 0.235 e. The Morgan fingerprint density at radius 2 is 1.93 bits per heavy atom. The Labute approximate surface area is 173 Å². The normalized spacial score (nSPS) is 11.4. The van der Waals surface area contributed by atoms with Crippen LogP contribution in [0.5, 0.6) is 0 Å². The summed E-state index contributed by atoms with van der Waals surface area (Å²) in [7, 11) is 0. The first kappa shape index (κ1) is 21.0. The number of nitrogens with one attached hydrogen (secondary N) is 1. The van der Waals surface area contributed by atoms with E-state index in [0.29, 0.717) is 34.8 Å². The van der Waals surface area contributed by atoms with Crippen molar-refractivity contribution in [2.75, 3.05) is 11.1 Å². The molecule has 1 amide bonds. The lowest BCUT2D eigenvalue weighted by atomic mass is 10.2. The quantitative estimate of drug-likeness (QED) is 0.556. The molecule has 0 saturated heterocycles. The summed E-state index contributed by atoms with van der Waals surface area (Å²) < 4.78 is 17.9. The van der Waals surface area contributed by atoms with Gasteiger partial charge in [0.15, 0.2) is 11.0 Å². The molecular formula is C20H25FN6OS. The van der Waals surface area contributed by atoms with E-state index < -0.39 is 0 Å². The van der Waals surface area contributed by atoms with Gasteiger partial charge in [0.25, 0.3) is 0 Å². The van der Waals surface area contributed by atoms with Crippen molar-refractivity contribution in [2.45, 2.75) is 45.4 Å². The summed E-state index contributed by atoms with van der Waals surface area (Å²) in [6, 6.07) is 8.41. The molecule has 0 unspecified atom stereocenters. The van der Waals surface area contributed by atoms with Gasteiger partial charge in [-0.05, 0) is 31.9 Å². The van der Waals surface area contributed by atoms with Gasteiger partial charge >= 0.3 is 0 Å². The van der Waals surface area contributed by atoms with E-state index in [1.54, 1.807) is 35.1 Å². The van der Waals surface area contributed by atoms with Gasteiger partial charge in [0, 0.05) is 18.7 Å². The zero-order valence-electron chi connectivity index (χ0n) is 17.0. The standard InChI is InChI=1S/C20H25FN6OS/c1-13(2)11-26-19(15-7-5-6-8-16(15)21)24-25-20(26)29-12-18(28)23-17-9-10-22-27(17)14(3)4/h5-10,13-14H,11-12H2,1-4H3,(H,23,28). The van der Waals surface area contributed by atoms with Gasteiger partial charge in [0.1, 0.15) is 11.6 Å². The largest absolute Gasteiger partial charge is 0.310 e. The second-order valence-corrected chi connectivity index (χ2v) is 8.32. The summed E-state index contributed by atoms with van der Waals surface area (Å²) >= 11 is 1.28. The number of carbonyl (C=O) groups is 1. The number of hydrogen-bond acceptors (Lipinski definition) is 5. The molecule has 0 radical (unpaired) electrons. The molecule has 0 saturated carbocycles. The minimum Gasteiger partial charge on any atom is -0.310 e. The van der Waals surface area contributed by atoms with E-state index in [4.69, 9.17) is 0 Å². The molecule has 0 atom stereocenters. The lowest BCUT2D eigenvalue weighted by Crippen LogP contribution is -2.18. The molecule has 2 aromatic heterocycles. The number of nitrogens with zero attached hydrogens (tertiary/aromatic N) is 5. The Hall–Kier alpha value is -2.68. The Bertz CT molecular complexity index is 981. The predicted octanol–water partition coefficient (Wildman–Crippen LogP) is 4.25. The van der Waals surface area contributed by atoms with Gasteiger partial charge in [0.2, 0.25) is 5.91 Å². The van der Waals surface area contributed by atoms with Gasteiger partial charge in [-0.1, -0.05) is 37.7 Å². The van der Waals surface area contributed by atoms with E-state index in [9.17, 15) is 9.18 Å². The van der Waals surface area contributed by atoms with Gasteiger partial charge in [-0.3, -0.25) is 4.79 Å². The Balaban J connectivity index is 1.76. The number of rotatable bonds is 8. The Morgan fingerprint density at radius 3 is 2.62 bits per heavy atom. The van der Waals surface area contributed by atoms with Crippen molar-refractivity contribution in [3.8, 4) is 11.4 Å². The lowest BCUT2D eigenvalue weighted by molar-refractivity contribution is -0.113. The highest BCUT2D eigenvalue weighted by atomic mass is 32.2. The van der Waals surface area contributed by atoms with Gasteiger partial charge in [-0.25, -0.2) is 9.07 Å². The molecule has 0 aliphatic rings. The molecular weight excluding hydrogens is 391 g/mol. The van der Waals surface area contributed by atoms with Crippen LogP contribution in [0, 0.1) is 11.7 Å². The van der Waals surface area contributed by atoms with Crippen molar-refractivity contribution in [1.29, 1.82) is 0 Å². The second kappa shape index (κ2) is 9.21. The summed E-state index contributed by atoms with van der Waals surface area (Å²) in [6.45, 7) is 8.76. The molecule has 154 valence electrons. The van der Waals surface area contributed by atoms with Crippen LogP contribution in [0.3, 0.4) is 0 Å². The second-order valence-electron chi connectivity index (χ2n) is 7.38. The van der Waals surface area contributed by atoms with Gasteiger partial charge < -0.3 is 9.88 Å². The van der Waals surface area contributed by atoms with Gasteiger partial charge in [-0.2, -0.15) is 5.10 Å². The summed E-state index contributed by atoms with van der Waals surface area (Å²) in [5.41, 5.74) is 0.401. The molecule has 7 nitrogen and oxygen atoms in total. The maximum atomic E-state index is 14.3. The average molecular weight is 417 g/mol. The molecule has 9 heteroatoms. The first-order chi connectivity index (χ1) is 13.9. The van der Waals surface area contributed by atoms with Crippen LogP contribution in [0.2, 0.25) is 0 Å². The predicted molar refractivity (Wildman–Crippen MR) is 112 cm³/mol. The third kappa shape index (κ3) is 5.03. The molecule has 0 aliphatic carbocycles. The molecule has 0 fully saturated rings. The van der Waals surface area contributed by atoms with Gasteiger partial charge in [-0.15, -0.1) is 10.2 Å². The highest BCUT2D eigenvalue weighted by Crippen LogP contribution is 2.27. The molecule has 0 bridgehead atoms. The zero-order chi connectivity index (χ0) is 21.0. The summed E-state index contributed by atoms with van der Waals surface area (Å²) in [6.07, 6.45) is 1.66. The number of anilines is 1. The first-order valence-corrected chi connectivity index (χ1v) is 10.5. The monoisotopic (exact) mass is 416 g/mol. The summed E-state index contributed by atoms with van der Waals surface area (Å²) in [5.74, 6) is 1.09. The SMILES string of the molecule is CC(C)Cn1c(SCC(=O)Nc2ccnn2C(C)C)nnc1-c1ccccc1F. The number of benzene rings is 1. The maximum Gasteiger partial charge on any atom is 0.235 e. The number of thioether (sulfide) groups is 1. The highest BCUT2D eigenvalue weighted by Gasteiger charge is 2.19. The van der Waals surface area contributed by atoms with Gasteiger partial charge in [0.05, 0.1) is 17.5 Å². The number of halogens is 1. The lowest BCUT2D eigenvalue weighted by Gasteiger charge is -2.13. The van der Waals surface area contributed by atoms with E-state index in [1.807, 2.05) is 18.4 Å². The van der Waals surface area contributed by atoms with Crippen LogP contribution >= 0.6 is 11.8 Å². The fraction of sp³-hybridized carbons (Fsp3) is 0.400. The minimum atomic E-state index is -0.346. The fourth-order valence-electron chi connectivity index (χ4n) is 2.90. The van der Waals surface area contributed by atoms with Crippen LogP contribution in [0.1, 0.15) is 33.7 Å². The number of aromatic nitrogens is 5. The molecule has 2 heterocycles. The highest BCUT2D eigenvalue weighted by molar-refractivity contribution is 7.99. The Morgan fingerprint density at radius 1 is 1.17 bits per heavy atom. The van der Waals surface area contributed by atoms with Crippen LogP contribution in [0.4, 0.5) is 10.2 Å².